The Hall–Kier alpha value is -2.06. The zero-order chi connectivity index (χ0) is 21.4. The Morgan fingerprint density at radius 3 is 2.87 bits per heavy atom. The molecule has 0 spiro atoms. The molecule has 1 saturated heterocycles. The second kappa shape index (κ2) is 8.59. The van der Waals surface area contributed by atoms with Gasteiger partial charge in [-0.05, 0) is 51.9 Å². The number of likely N-dealkylation sites (N-methyl/N-ethyl adjacent to an activating group) is 1. The summed E-state index contributed by atoms with van der Waals surface area (Å²) in [6, 6.07) is 7.98. The number of anilines is 1. The molecule has 1 aromatic carbocycles. The van der Waals surface area contributed by atoms with Gasteiger partial charge in [0, 0.05) is 17.2 Å². The number of hydrogen-bond acceptors (Lipinski definition) is 8. The van der Waals surface area contributed by atoms with Gasteiger partial charge in [-0.15, -0.1) is 0 Å². The Bertz CT molecular complexity index is 1100. The van der Waals surface area contributed by atoms with Gasteiger partial charge in [-0.25, -0.2) is 4.98 Å². The maximum absolute atomic E-state index is 11.9. The molecule has 1 amide bonds. The molecule has 3 aromatic rings. The van der Waals surface area contributed by atoms with E-state index in [0.29, 0.717) is 23.5 Å². The molecule has 158 valence electrons. The minimum Gasteiger partial charge on any atom is -0.387 e. The average molecular weight is 545 g/mol. The van der Waals surface area contributed by atoms with Crippen molar-refractivity contribution < 1.29 is 19.7 Å². The van der Waals surface area contributed by atoms with E-state index in [9.17, 15) is 15.0 Å². The maximum atomic E-state index is 11.9. The monoisotopic (exact) mass is 544 g/mol. The zero-order valence-electron chi connectivity index (χ0n) is 15.7. The highest BCUT2D eigenvalue weighted by Gasteiger charge is 2.47. The number of benzene rings is 1. The van der Waals surface area contributed by atoms with Crippen molar-refractivity contribution >= 4 is 57.1 Å². The highest BCUT2D eigenvalue weighted by molar-refractivity contribution is 14.1. The largest absolute Gasteiger partial charge is 0.387 e. The number of carbonyl (C=O) groups excluding carboxylic acids is 1. The van der Waals surface area contributed by atoms with E-state index in [4.69, 9.17) is 16.3 Å². The van der Waals surface area contributed by atoms with Crippen LogP contribution in [0.1, 0.15) is 11.8 Å². The first kappa shape index (κ1) is 21.2. The molecule has 0 radical (unpaired) electrons. The van der Waals surface area contributed by atoms with E-state index in [1.54, 1.807) is 0 Å². The average Bonchev–Trinajstić information content (AvgIpc) is 3.27. The minimum absolute atomic E-state index is 0.0229. The summed E-state index contributed by atoms with van der Waals surface area (Å²) in [6.07, 6.45) is -3.65. The summed E-state index contributed by atoms with van der Waals surface area (Å²) in [5, 5.41) is 26.2. The first-order valence-electron chi connectivity index (χ1n) is 9.00. The molecule has 0 bridgehead atoms. The van der Waals surface area contributed by atoms with Crippen LogP contribution in [0.2, 0.25) is 5.28 Å². The van der Waals surface area contributed by atoms with Crippen LogP contribution in [0, 0.1) is 3.57 Å². The molecule has 1 fully saturated rings. The van der Waals surface area contributed by atoms with Crippen molar-refractivity contribution in [3.05, 3.63) is 45.0 Å². The number of nitrogens with one attached hydrogen (secondary N) is 2. The Balaban J connectivity index is 1.64. The molecule has 4 atom stereocenters. The first-order valence-corrected chi connectivity index (χ1v) is 10.5. The van der Waals surface area contributed by atoms with Crippen LogP contribution in [0.4, 0.5) is 5.82 Å². The van der Waals surface area contributed by atoms with E-state index in [2.05, 4.69) is 48.2 Å². The molecular formula is C18H18ClIN6O4. The minimum atomic E-state index is -1.40. The summed E-state index contributed by atoms with van der Waals surface area (Å²) < 4.78 is 8.14. The van der Waals surface area contributed by atoms with Crippen LogP contribution < -0.4 is 10.6 Å². The second-order valence-corrected chi connectivity index (χ2v) is 8.28. The molecule has 1 unspecified atom stereocenters. The van der Waals surface area contributed by atoms with Crippen LogP contribution >= 0.6 is 34.2 Å². The molecule has 10 nitrogen and oxygen atoms in total. The fourth-order valence-corrected chi connectivity index (χ4v) is 4.05. The molecule has 0 aliphatic carbocycles. The molecule has 4 rings (SSSR count). The van der Waals surface area contributed by atoms with Crippen molar-refractivity contribution in [2.75, 3.05) is 12.4 Å². The number of nitrogens with zero attached hydrogens (tertiary/aromatic N) is 4. The smallest absolute Gasteiger partial charge is 0.251 e. The van der Waals surface area contributed by atoms with E-state index >= 15 is 0 Å². The Kier molecular flexibility index (Phi) is 6.06. The fourth-order valence-electron chi connectivity index (χ4n) is 3.28. The fraction of sp³-hybridized carbons (Fsp3) is 0.333. The van der Waals surface area contributed by atoms with Gasteiger partial charge >= 0.3 is 0 Å². The lowest BCUT2D eigenvalue weighted by atomic mass is 10.1. The van der Waals surface area contributed by atoms with E-state index in [-0.39, 0.29) is 5.28 Å². The Labute approximate surface area is 189 Å². The SMILES string of the molecule is CNC(=O)[C@H]1OC(n2cnc3c(NCc4cccc(I)c4)nc(Cl)nc32)[C@H](O)[C@@H]1O. The lowest BCUT2D eigenvalue weighted by molar-refractivity contribution is -0.137. The Morgan fingerprint density at radius 1 is 1.33 bits per heavy atom. The predicted octanol–water partition coefficient (Wildman–Crippen LogP) is 1.06. The summed E-state index contributed by atoms with van der Waals surface area (Å²) >= 11 is 8.35. The van der Waals surface area contributed by atoms with Gasteiger partial charge in [0.05, 0.1) is 6.33 Å². The van der Waals surface area contributed by atoms with Crippen molar-refractivity contribution in [1.29, 1.82) is 0 Å². The van der Waals surface area contributed by atoms with Crippen LogP contribution in [-0.4, -0.2) is 61.0 Å². The van der Waals surface area contributed by atoms with Gasteiger partial charge in [-0.1, -0.05) is 12.1 Å². The number of aliphatic hydroxyl groups excluding tert-OH is 2. The predicted molar refractivity (Wildman–Crippen MR) is 117 cm³/mol. The van der Waals surface area contributed by atoms with Crippen LogP contribution in [0.25, 0.3) is 11.2 Å². The molecule has 2 aromatic heterocycles. The number of amides is 1. The second-order valence-electron chi connectivity index (χ2n) is 6.69. The third kappa shape index (κ3) is 3.95. The molecule has 4 N–H and O–H groups in total. The van der Waals surface area contributed by atoms with Crippen molar-refractivity contribution in [1.82, 2.24) is 24.8 Å². The summed E-state index contributed by atoms with van der Waals surface area (Å²) in [6.45, 7) is 0.492. The van der Waals surface area contributed by atoms with Crippen molar-refractivity contribution in [3.8, 4) is 0 Å². The van der Waals surface area contributed by atoms with Crippen molar-refractivity contribution in [2.45, 2.75) is 31.1 Å². The van der Waals surface area contributed by atoms with Gasteiger partial charge in [0.2, 0.25) is 5.28 Å². The number of ether oxygens (including phenoxy) is 1. The molecule has 0 saturated carbocycles. The first-order chi connectivity index (χ1) is 14.4. The van der Waals surface area contributed by atoms with Crippen LogP contribution in [0.15, 0.2) is 30.6 Å². The number of imidazole rings is 1. The van der Waals surface area contributed by atoms with Crippen molar-refractivity contribution in [2.24, 2.45) is 0 Å². The number of carbonyl (C=O) groups is 1. The molecule has 1 aliphatic heterocycles. The number of rotatable bonds is 5. The number of aromatic nitrogens is 4. The molecule has 3 heterocycles. The van der Waals surface area contributed by atoms with E-state index < -0.39 is 30.4 Å². The molecule has 30 heavy (non-hydrogen) atoms. The van der Waals surface area contributed by atoms with E-state index in [1.807, 2.05) is 24.3 Å². The van der Waals surface area contributed by atoms with Gasteiger partial charge in [-0.3, -0.25) is 9.36 Å². The lowest BCUT2D eigenvalue weighted by Gasteiger charge is -2.16. The molecule has 1 aliphatic rings. The number of fused-ring (bicyclic) bond motifs is 1. The van der Waals surface area contributed by atoms with Gasteiger partial charge in [-0.2, -0.15) is 9.97 Å². The molecular weight excluding hydrogens is 527 g/mol. The number of halogens is 2. The quantitative estimate of drug-likeness (QED) is 0.277. The standard InChI is InChI=1S/C18H18ClIN6O4/c1-21-16(29)13-11(27)12(28)17(30-13)26-7-23-10-14(24-18(19)25-15(10)26)22-6-8-3-2-4-9(20)5-8/h2-5,7,11-13,17,27-28H,6H2,1H3,(H,21,29)(H,22,24,25)/t11-,12+,13-,17?/m0/s1. The van der Waals surface area contributed by atoms with Gasteiger partial charge in [0.1, 0.15) is 12.2 Å². The summed E-state index contributed by atoms with van der Waals surface area (Å²) in [7, 11) is 1.42. The summed E-state index contributed by atoms with van der Waals surface area (Å²) in [5.74, 6) is -0.125. The third-order valence-electron chi connectivity index (χ3n) is 4.76. The maximum Gasteiger partial charge on any atom is 0.251 e. The lowest BCUT2D eigenvalue weighted by Crippen LogP contribution is -2.41. The summed E-state index contributed by atoms with van der Waals surface area (Å²) in [4.78, 5) is 24.7. The van der Waals surface area contributed by atoms with Crippen molar-refractivity contribution in [3.63, 3.8) is 0 Å². The number of hydrogen-bond donors (Lipinski definition) is 4. The molecule has 12 heteroatoms. The van der Waals surface area contributed by atoms with Gasteiger partial charge < -0.3 is 25.6 Å². The zero-order valence-corrected chi connectivity index (χ0v) is 18.6. The normalized spacial score (nSPS) is 23.6. The highest BCUT2D eigenvalue weighted by atomic mass is 127. The third-order valence-corrected chi connectivity index (χ3v) is 5.60. The van der Waals surface area contributed by atoms with Gasteiger partial charge in [0.15, 0.2) is 29.3 Å². The van der Waals surface area contributed by atoms with E-state index in [1.165, 1.54) is 17.9 Å². The Morgan fingerprint density at radius 2 is 2.13 bits per heavy atom. The number of aliphatic hydroxyl groups is 2. The topological polar surface area (TPSA) is 134 Å². The van der Waals surface area contributed by atoms with Crippen LogP contribution in [-0.2, 0) is 16.1 Å². The van der Waals surface area contributed by atoms with E-state index in [0.717, 1.165) is 9.13 Å². The van der Waals surface area contributed by atoms with Crippen LogP contribution in [0.5, 0.6) is 0 Å². The summed E-state index contributed by atoms with van der Waals surface area (Å²) in [5.41, 5.74) is 1.77. The van der Waals surface area contributed by atoms with Gasteiger partial charge in [0.25, 0.3) is 5.91 Å². The highest BCUT2D eigenvalue weighted by Crippen LogP contribution is 2.33. The van der Waals surface area contributed by atoms with Crippen LogP contribution in [0.3, 0.4) is 0 Å².